The average Bonchev–Trinajstić information content (AvgIpc) is 3.32. The quantitative estimate of drug-likeness (QED) is 0.830. The number of hydrogen-bond donors (Lipinski definition) is 0. The summed E-state index contributed by atoms with van der Waals surface area (Å²) in [6, 6.07) is 4.05. The summed E-state index contributed by atoms with van der Waals surface area (Å²) >= 11 is 1.53. The van der Waals surface area contributed by atoms with E-state index in [-0.39, 0.29) is 5.91 Å². The zero-order valence-electron chi connectivity index (χ0n) is 15.4. The summed E-state index contributed by atoms with van der Waals surface area (Å²) in [4.78, 5) is 29.4. The van der Waals surface area contributed by atoms with Crippen LogP contribution in [0.4, 0.5) is 11.8 Å². The van der Waals surface area contributed by atoms with Crippen molar-refractivity contribution in [2.24, 2.45) is 0 Å². The monoisotopic (exact) mass is 371 g/mol. The van der Waals surface area contributed by atoms with Crippen molar-refractivity contribution in [2.75, 3.05) is 49.1 Å². The Bertz CT molecular complexity index is 791. The van der Waals surface area contributed by atoms with Crippen molar-refractivity contribution >= 4 is 29.0 Å². The van der Waals surface area contributed by atoms with E-state index < -0.39 is 0 Å². The van der Waals surface area contributed by atoms with Crippen LogP contribution in [0, 0.1) is 13.8 Å². The lowest BCUT2D eigenvalue weighted by atomic mass is 10.2. The van der Waals surface area contributed by atoms with Crippen LogP contribution in [0.5, 0.6) is 0 Å². The van der Waals surface area contributed by atoms with E-state index in [1.165, 1.54) is 24.2 Å². The molecule has 0 aromatic carbocycles. The molecule has 2 aliphatic rings. The van der Waals surface area contributed by atoms with Gasteiger partial charge in [-0.05, 0) is 43.7 Å². The fraction of sp³-hybridized carbons (Fsp3) is 0.526. The molecule has 2 saturated heterocycles. The zero-order chi connectivity index (χ0) is 18.1. The van der Waals surface area contributed by atoms with Crippen LogP contribution in [0.15, 0.2) is 17.5 Å². The second-order valence-corrected chi connectivity index (χ2v) is 8.04. The van der Waals surface area contributed by atoms with Crippen molar-refractivity contribution in [1.29, 1.82) is 0 Å². The summed E-state index contributed by atoms with van der Waals surface area (Å²) in [7, 11) is 0. The Morgan fingerprint density at radius 3 is 2.35 bits per heavy atom. The number of rotatable bonds is 3. The topological polar surface area (TPSA) is 52.6 Å². The minimum absolute atomic E-state index is 0.144. The van der Waals surface area contributed by atoms with Crippen molar-refractivity contribution in [3.05, 3.63) is 33.6 Å². The molecule has 6 nitrogen and oxygen atoms in total. The van der Waals surface area contributed by atoms with Crippen LogP contribution in [0.2, 0.25) is 0 Å². The van der Waals surface area contributed by atoms with Gasteiger partial charge in [-0.3, -0.25) is 4.79 Å². The number of amides is 1. The molecule has 0 spiro atoms. The molecule has 7 heteroatoms. The van der Waals surface area contributed by atoms with Gasteiger partial charge in [0.05, 0.1) is 4.88 Å². The van der Waals surface area contributed by atoms with E-state index in [0.29, 0.717) is 13.1 Å². The predicted molar refractivity (Wildman–Crippen MR) is 105 cm³/mol. The van der Waals surface area contributed by atoms with Gasteiger partial charge < -0.3 is 14.7 Å². The van der Waals surface area contributed by atoms with Gasteiger partial charge in [0.15, 0.2) is 0 Å². The van der Waals surface area contributed by atoms with E-state index in [1.54, 1.807) is 0 Å². The number of carbonyl (C=O) groups excluding carboxylic acids is 1. The largest absolute Gasteiger partial charge is 0.356 e. The second kappa shape index (κ2) is 7.23. The summed E-state index contributed by atoms with van der Waals surface area (Å²) in [5.74, 6) is 1.98. The molecule has 138 valence electrons. The fourth-order valence-electron chi connectivity index (χ4n) is 3.60. The lowest BCUT2D eigenvalue weighted by Crippen LogP contribution is -2.49. The highest BCUT2D eigenvalue weighted by Crippen LogP contribution is 2.23. The van der Waals surface area contributed by atoms with Crippen molar-refractivity contribution in [3.8, 4) is 0 Å². The Balaban J connectivity index is 1.43. The first-order valence-corrected chi connectivity index (χ1v) is 10.2. The highest BCUT2D eigenvalue weighted by molar-refractivity contribution is 7.12. The lowest BCUT2D eigenvalue weighted by molar-refractivity contribution is 0.0751. The average molecular weight is 372 g/mol. The first kappa shape index (κ1) is 17.3. The molecule has 2 fully saturated rings. The first-order valence-electron chi connectivity index (χ1n) is 9.30. The van der Waals surface area contributed by atoms with Crippen LogP contribution in [0.25, 0.3) is 0 Å². The summed E-state index contributed by atoms with van der Waals surface area (Å²) in [5, 5.41) is 2.03. The molecule has 0 aliphatic carbocycles. The Morgan fingerprint density at radius 2 is 1.69 bits per heavy atom. The van der Waals surface area contributed by atoms with Crippen molar-refractivity contribution < 1.29 is 4.79 Å². The summed E-state index contributed by atoms with van der Waals surface area (Å²) in [5.41, 5.74) is 2.16. The highest BCUT2D eigenvalue weighted by Gasteiger charge is 2.25. The number of aryl methyl sites for hydroxylation is 2. The predicted octanol–water partition coefficient (Wildman–Crippen LogP) is 2.72. The maximum atomic E-state index is 12.6. The molecule has 2 aromatic rings. The molecule has 4 rings (SSSR count). The van der Waals surface area contributed by atoms with Crippen molar-refractivity contribution in [1.82, 2.24) is 14.9 Å². The molecule has 2 aliphatic heterocycles. The smallest absolute Gasteiger partial charge is 0.264 e. The van der Waals surface area contributed by atoms with Crippen LogP contribution in [-0.4, -0.2) is 60.0 Å². The van der Waals surface area contributed by atoms with E-state index in [0.717, 1.165) is 54.1 Å². The molecule has 0 radical (unpaired) electrons. The third kappa shape index (κ3) is 3.53. The van der Waals surface area contributed by atoms with Gasteiger partial charge in [-0.15, -0.1) is 11.3 Å². The van der Waals surface area contributed by atoms with Gasteiger partial charge in [0.2, 0.25) is 5.95 Å². The number of aromatic nitrogens is 2. The lowest BCUT2D eigenvalue weighted by Gasteiger charge is -2.35. The molecule has 0 unspecified atom stereocenters. The zero-order valence-corrected chi connectivity index (χ0v) is 16.3. The number of hydrogen-bond acceptors (Lipinski definition) is 6. The fourth-order valence-corrected chi connectivity index (χ4v) is 4.46. The number of piperazine rings is 1. The van der Waals surface area contributed by atoms with E-state index in [1.807, 2.05) is 30.2 Å². The Hall–Kier alpha value is -2.15. The molecule has 26 heavy (non-hydrogen) atoms. The summed E-state index contributed by atoms with van der Waals surface area (Å²) in [6.07, 6.45) is 2.47. The van der Waals surface area contributed by atoms with Gasteiger partial charge in [0.25, 0.3) is 5.91 Å². The first-order chi connectivity index (χ1) is 12.6. The van der Waals surface area contributed by atoms with E-state index >= 15 is 0 Å². The third-order valence-corrected chi connectivity index (χ3v) is 6.09. The van der Waals surface area contributed by atoms with Crippen LogP contribution >= 0.6 is 11.3 Å². The highest BCUT2D eigenvalue weighted by atomic mass is 32.1. The van der Waals surface area contributed by atoms with E-state index in [4.69, 9.17) is 4.98 Å². The van der Waals surface area contributed by atoms with Gasteiger partial charge >= 0.3 is 0 Å². The molecule has 0 N–H and O–H groups in total. The standard InChI is InChI=1S/C19H25N5OS/c1-14-11-16(26-13-14)18(25)23-7-9-24(10-8-23)19-20-15(2)12-17(21-19)22-5-3-4-6-22/h11-13H,3-10H2,1-2H3. The number of anilines is 2. The van der Waals surface area contributed by atoms with Crippen molar-refractivity contribution in [3.63, 3.8) is 0 Å². The minimum atomic E-state index is 0.144. The van der Waals surface area contributed by atoms with Crippen LogP contribution in [0.1, 0.15) is 33.8 Å². The molecular formula is C19H25N5OS. The Kier molecular flexibility index (Phi) is 4.80. The Morgan fingerprint density at radius 1 is 0.962 bits per heavy atom. The molecule has 0 saturated carbocycles. The normalized spacial score (nSPS) is 17.8. The van der Waals surface area contributed by atoms with E-state index in [2.05, 4.69) is 20.9 Å². The summed E-state index contributed by atoms with van der Waals surface area (Å²) < 4.78 is 0. The Labute approximate surface area is 158 Å². The molecule has 2 aromatic heterocycles. The van der Waals surface area contributed by atoms with Gasteiger partial charge in [0, 0.05) is 51.0 Å². The van der Waals surface area contributed by atoms with Gasteiger partial charge in [-0.2, -0.15) is 4.98 Å². The minimum Gasteiger partial charge on any atom is -0.356 e. The maximum absolute atomic E-state index is 12.6. The number of nitrogens with zero attached hydrogens (tertiary/aromatic N) is 5. The maximum Gasteiger partial charge on any atom is 0.264 e. The molecular weight excluding hydrogens is 346 g/mol. The SMILES string of the molecule is Cc1csc(C(=O)N2CCN(c3nc(C)cc(N4CCCC4)n3)CC2)c1. The second-order valence-electron chi connectivity index (χ2n) is 7.13. The third-order valence-electron chi connectivity index (χ3n) is 5.05. The van der Waals surface area contributed by atoms with E-state index in [9.17, 15) is 4.79 Å². The van der Waals surface area contributed by atoms with Crippen LogP contribution in [-0.2, 0) is 0 Å². The van der Waals surface area contributed by atoms with Crippen LogP contribution in [0.3, 0.4) is 0 Å². The number of thiophene rings is 1. The molecule has 0 atom stereocenters. The van der Waals surface area contributed by atoms with Gasteiger partial charge in [-0.1, -0.05) is 0 Å². The van der Waals surface area contributed by atoms with Gasteiger partial charge in [0.1, 0.15) is 5.82 Å². The number of carbonyl (C=O) groups is 1. The van der Waals surface area contributed by atoms with Crippen molar-refractivity contribution in [2.45, 2.75) is 26.7 Å². The summed E-state index contributed by atoms with van der Waals surface area (Å²) in [6.45, 7) is 9.20. The molecule has 0 bridgehead atoms. The molecule has 1 amide bonds. The van der Waals surface area contributed by atoms with Gasteiger partial charge in [-0.25, -0.2) is 4.98 Å². The van der Waals surface area contributed by atoms with Crippen LogP contribution < -0.4 is 9.80 Å². The molecule has 4 heterocycles.